The SMILES string of the molecule is CC(=O)Oc1ccc(CNc2cccc(-c3c(-c4ccccc4)cnc4c(C(F)(F)F)cccc34)c2)cc1C. The fourth-order valence-corrected chi connectivity index (χ4v) is 4.68. The summed E-state index contributed by atoms with van der Waals surface area (Å²) in [7, 11) is 0. The third-order valence-corrected chi connectivity index (χ3v) is 6.43. The number of rotatable bonds is 6. The summed E-state index contributed by atoms with van der Waals surface area (Å²) in [5.74, 6) is 0.145. The summed E-state index contributed by atoms with van der Waals surface area (Å²) in [6.45, 7) is 3.74. The Morgan fingerprint density at radius 1 is 0.897 bits per heavy atom. The third kappa shape index (κ3) is 5.62. The highest BCUT2D eigenvalue weighted by molar-refractivity contribution is 6.03. The Bertz CT molecular complexity index is 1660. The van der Waals surface area contributed by atoms with E-state index in [-0.39, 0.29) is 11.5 Å². The summed E-state index contributed by atoms with van der Waals surface area (Å²) in [6.07, 6.45) is -3.00. The van der Waals surface area contributed by atoms with Crippen LogP contribution >= 0.6 is 0 Å². The lowest BCUT2D eigenvalue weighted by Crippen LogP contribution is -2.07. The molecule has 0 aliphatic rings. The van der Waals surface area contributed by atoms with E-state index in [0.717, 1.165) is 39.6 Å². The van der Waals surface area contributed by atoms with Crippen LogP contribution in [-0.4, -0.2) is 11.0 Å². The number of para-hydroxylation sites is 1. The normalized spacial score (nSPS) is 11.4. The highest BCUT2D eigenvalue weighted by Gasteiger charge is 2.33. The maximum Gasteiger partial charge on any atom is 0.418 e. The number of anilines is 1. The van der Waals surface area contributed by atoms with Gasteiger partial charge < -0.3 is 10.1 Å². The van der Waals surface area contributed by atoms with Crippen molar-refractivity contribution in [1.29, 1.82) is 0 Å². The molecule has 0 fully saturated rings. The fourth-order valence-electron chi connectivity index (χ4n) is 4.68. The summed E-state index contributed by atoms with van der Waals surface area (Å²) in [5, 5.41) is 3.83. The smallest absolute Gasteiger partial charge is 0.418 e. The van der Waals surface area contributed by atoms with E-state index in [0.29, 0.717) is 23.2 Å². The minimum Gasteiger partial charge on any atom is -0.426 e. The predicted molar refractivity (Wildman–Crippen MR) is 147 cm³/mol. The fraction of sp³-hybridized carbons (Fsp3) is 0.125. The number of carbonyl (C=O) groups excluding carboxylic acids is 1. The van der Waals surface area contributed by atoms with Crippen LogP contribution in [0.5, 0.6) is 5.75 Å². The number of hydrogen-bond donors (Lipinski definition) is 1. The van der Waals surface area contributed by atoms with Crippen LogP contribution in [0.1, 0.15) is 23.6 Å². The number of pyridine rings is 1. The van der Waals surface area contributed by atoms with E-state index in [4.69, 9.17) is 4.74 Å². The second-order valence-corrected chi connectivity index (χ2v) is 9.24. The van der Waals surface area contributed by atoms with Crippen LogP contribution in [0.3, 0.4) is 0 Å². The number of halogens is 3. The number of nitrogens with one attached hydrogen (secondary N) is 1. The van der Waals surface area contributed by atoms with Crippen LogP contribution < -0.4 is 10.1 Å². The van der Waals surface area contributed by atoms with Gasteiger partial charge in [0.15, 0.2) is 0 Å². The van der Waals surface area contributed by atoms with Gasteiger partial charge in [-0.3, -0.25) is 9.78 Å². The first-order chi connectivity index (χ1) is 18.7. The minimum atomic E-state index is -4.52. The number of fused-ring (bicyclic) bond motifs is 1. The zero-order valence-corrected chi connectivity index (χ0v) is 21.3. The number of nitrogens with zero attached hydrogens (tertiary/aromatic N) is 1. The molecule has 196 valence electrons. The molecule has 39 heavy (non-hydrogen) atoms. The lowest BCUT2D eigenvalue weighted by atomic mass is 9.91. The Balaban J connectivity index is 1.55. The highest BCUT2D eigenvalue weighted by Crippen LogP contribution is 2.41. The van der Waals surface area contributed by atoms with Gasteiger partial charge in [-0.25, -0.2) is 0 Å². The van der Waals surface area contributed by atoms with Crippen LogP contribution in [0, 0.1) is 6.92 Å². The molecule has 4 aromatic carbocycles. The highest BCUT2D eigenvalue weighted by atomic mass is 19.4. The van der Waals surface area contributed by atoms with Gasteiger partial charge in [0.05, 0.1) is 11.1 Å². The molecule has 0 saturated carbocycles. The van der Waals surface area contributed by atoms with Gasteiger partial charge in [-0.15, -0.1) is 0 Å². The van der Waals surface area contributed by atoms with Crippen LogP contribution in [0.25, 0.3) is 33.2 Å². The molecule has 1 N–H and O–H groups in total. The van der Waals surface area contributed by atoms with Crippen molar-refractivity contribution in [1.82, 2.24) is 4.98 Å². The number of ether oxygens (including phenoxy) is 1. The zero-order valence-electron chi connectivity index (χ0n) is 21.3. The number of hydrogen-bond acceptors (Lipinski definition) is 4. The first kappa shape index (κ1) is 26.0. The van der Waals surface area contributed by atoms with Crippen molar-refractivity contribution >= 4 is 22.6 Å². The summed E-state index contributed by atoms with van der Waals surface area (Å²) in [6, 6.07) is 26.9. The number of carbonyl (C=O) groups is 1. The number of esters is 1. The van der Waals surface area contributed by atoms with Gasteiger partial charge in [-0.05, 0) is 53.4 Å². The van der Waals surface area contributed by atoms with E-state index in [1.165, 1.54) is 19.2 Å². The molecule has 4 nitrogen and oxygen atoms in total. The second-order valence-electron chi connectivity index (χ2n) is 9.24. The van der Waals surface area contributed by atoms with Crippen molar-refractivity contribution in [2.45, 2.75) is 26.6 Å². The first-order valence-electron chi connectivity index (χ1n) is 12.4. The van der Waals surface area contributed by atoms with Crippen LogP contribution in [-0.2, 0) is 17.5 Å². The van der Waals surface area contributed by atoms with Crippen LogP contribution in [0.2, 0.25) is 0 Å². The van der Waals surface area contributed by atoms with Gasteiger partial charge in [0.1, 0.15) is 5.75 Å². The lowest BCUT2D eigenvalue weighted by molar-refractivity contribution is -0.136. The van der Waals surface area contributed by atoms with Crippen molar-refractivity contribution in [3.8, 4) is 28.0 Å². The van der Waals surface area contributed by atoms with Crippen molar-refractivity contribution in [3.63, 3.8) is 0 Å². The van der Waals surface area contributed by atoms with Crippen LogP contribution in [0.4, 0.5) is 18.9 Å². The Hall–Kier alpha value is -4.65. The summed E-state index contributed by atoms with van der Waals surface area (Å²) >= 11 is 0. The Labute approximate surface area is 224 Å². The molecular formula is C32H25F3N2O2. The molecule has 0 aliphatic carbocycles. The molecule has 0 amide bonds. The molecule has 1 aromatic heterocycles. The van der Waals surface area contributed by atoms with Gasteiger partial charge >= 0.3 is 12.1 Å². The molecule has 5 rings (SSSR count). The van der Waals surface area contributed by atoms with Crippen molar-refractivity contribution in [3.05, 3.63) is 114 Å². The Morgan fingerprint density at radius 3 is 2.36 bits per heavy atom. The standard InChI is InChI=1S/C32H25F3N2O2/c1-20-16-22(14-15-29(20)39-21(2)38)18-36-25-11-6-10-24(17-25)30-26-12-7-13-28(32(33,34)35)31(26)37-19-27(30)23-8-4-3-5-9-23/h3-17,19,36H,18H2,1-2H3. The first-order valence-corrected chi connectivity index (χ1v) is 12.4. The van der Waals surface area contributed by atoms with Gasteiger partial charge in [0.25, 0.3) is 0 Å². The zero-order chi connectivity index (χ0) is 27.6. The second kappa shape index (κ2) is 10.6. The summed E-state index contributed by atoms with van der Waals surface area (Å²) in [4.78, 5) is 15.6. The number of benzene rings is 4. The molecule has 0 radical (unpaired) electrons. The van der Waals surface area contributed by atoms with Gasteiger partial charge in [0.2, 0.25) is 0 Å². The van der Waals surface area contributed by atoms with E-state index >= 15 is 0 Å². The molecule has 0 aliphatic heterocycles. The molecule has 0 atom stereocenters. The van der Waals surface area contributed by atoms with Crippen molar-refractivity contribution in [2.24, 2.45) is 0 Å². The van der Waals surface area contributed by atoms with E-state index in [1.807, 2.05) is 73.7 Å². The molecule has 7 heteroatoms. The summed E-state index contributed by atoms with van der Waals surface area (Å²) in [5.41, 5.74) is 4.86. The van der Waals surface area contributed by atoms with Crippen molar-refractivity contribution < 1.29 is 22.7 Å². The topological polar surface area (TPSA) is 51.2 Å². The number of aryl methyl sites for hydroxylation is 1. The van der Waals surface area contributed by atoms with Crippen LogP contribution in [0.15, 0.2) is 97.2 Å². The third-order valence-electron chi connectivity index (χ3n) is 6.43. The monoisotopic (exact) mass is 526 g/mol. The van der Waals surface area contributed by atoms with Gasteiger partial charge in [-0.2, -0.15) is 13.2 Å². The quantitative estimate of drug-likeness (QED) is 0.178. The van der Waals surface area contributed by atoms with Crippen molar-refractivity contribution in [2.75, 3.05) is 5.32 Å². The minimum absolute atomic E-state index is 0.0820. The average molecular weight is 527 g/mol. The molecule has 5 aromatic rings. The molecular weight excluding hydrogens is 501 g/mol. The van der Waals surface area contributed by atoms with Gasteiger partial charge in [-0.1, -0.05) is 66.7 Å². The number of aromatic nitrogens is 1. The maximum absolute atomic E-state index is 13.8. The van der Waals surface area contributed by atoms with E-state index in [9.17, 15) is 18.0 Å². The average Bonchev–Trinajstić information content (AvgIpc) is 2.92. The van der Waals surface area contributed by atoms with E-state index in [2.05, 4.69) is 10.3 Å². The Morgan fingerprint density at radius 2 is 1.64 bits per heavy atom. The largest absolute Gasteiger partial charge is 0.426 e. The van der Waals surface area contributed by atoms with E-state index < -0.39 is 11.7 Å². The molecule has 0 saturated heterocycles. The molecule has 1 heterocycles. The van der Waals surface area contributed by atoms with E-state index in [1.54, 1.807) is 12.1 Å². The predicted octanol–water partition coefficient (Wildman–Crippen LogP) is 8.43. The summed E-state index contributed by atoms with van der Waals surface area (Å²) < 4.78 is 46.7. The maximum atomic E-state index is 13.8. The lowest BCUT2D eigenvalue weighted by Gasteiger charge is -2.17. The Kier molecular flexibility index (Phi) is 7.07. The molecule has 0 unspecified atom stereocenters. The van der Waals surface area contributed by atoms with Gasteiger partial charge in [0, 0.05) is 41.9 Å². The molecule has 0 bridgehead atoms. The molecule has 0 spiro atoms. The number of alkyl halides is 3.